The van der Waals surface area contributed by atoms with E-state index in [2.05, 4.69) is 22.0 Å². The minimum Gasteiger partial charge on any atom is -0.360 e. The predicted molar refractivity (Wildman–Crippen MR) is 63.5 cm³/mol. The Kier molecular flexibility index (Phi) is 4.31. The minimum atomic E-state index is -0.720. The Morgan fingerprint density at radius 1 is 1.40 bits per heavy atom. The molecule has 3 heteroatoms. The van der Waals surface area contributed by atoms with Crippen LogP contribution in [0.2, 0.25) is 0 Å². The van der Waals surface area contributed by atoms with E-state index in [1.807, 2.05) is 38.1 Å². The Morgan fingerprint density at radius 2 is 2.00 bits per heavy atom. The Hall–Kier alpha value is -0.850. The van der Waals surface area contributed by atoms with Crippen molar-refractivity contribution in [3.05, 3.63) is 34.3 Å². The van der Waals surface area contributed by atoms with Gasteiger partial charge in [-0.15, -0.1) is 0 Å². The lowest BCUT2D eigenvalue weighted by Crippen LogP contribution is -2.29. The second-order valence-corrected chi connectivity index (χ2v) is 4.49. The Labute approximate surface area is 99.0 Å². The smallest absolute Gasteiger partial charge is 0.155 e. The Morgan fingerprint density at radius 3 is 2.47 bits per heavy atom. The first-order valence-electron chi connectivity index (χ1n) is 4.89. The molecule has 0 saturated carbocycles. The summed E-state index contributed by atoms with van der Waals surface area (Å²) >= 11 is 3.38. The number of halogens is 1. The standard InChI is InChI=1S/C12H14BrNO/c1-3-15-12(2,9-14)8-10-4-6-11(13)7-5-10/h4-7H,3,8H2,1-2H3. The van der Waals surface area contributed by atoms with Crippen molar-refractivity contribution in [1.82, 2.24) is 0 Å². The molecule has 0 aliphatic rings. The first kappa shape index (κ1) is 12.2. The molecule has 0 saturated heterocycles. The summed E-state index contributed by atoms with van der Waals surface area (Å²) < 4.78 is 6.48. The van der Waals surface area contributed by atoms with Gasteiger partial charge >= 0.3 is 0 Å². The van der Waals surface area contributed by atoms with E-state index in [0.29, 0.717) is 13.0 Å². The van der Waals surface area contributed by atoms with Gasteiger partial charge in [0, 0.05) is 17.5 Å². The molecule has 0 N–H and O–H groups in total. The third-order valence-corrected chi connectivity index (χ3v) is 2.68. The summed E-state index contributed by atoms with van der Waals surface area (Å²) in [6.45, 7) is 4.27. The molecule has 1 atom stereocenters. The van der Waals surface area contributed by atoms with Crippen molar-refractivity contribution in [2.24, 2.45) is 0 Å². The molecule has 2 nitrogen and oxygen atoms in total. The van der Waals surface area contributed by atoms with Crippen molar-refractivity contribution in [2.45, 2.75) is 25.9 Å². The van der Waals surface area contributed by atoms with E-state index in [9.17, 15) is 0 Å². The largest absolute Gasteiger partial charge is 0.360 e. The van der Waals surface area contributed by atoms with Gasteiger partial charge in [-0.2, -0.15) is 5.26 Å². The number of rotatable bonds is 4. The lowest BCUT2D eigenvalue weighted by molar-refractivity contribution is 0.0203. The molecule has 0 spiro atoms. The minimum absolute atomic E-state index is 0.556. The highest BCUT2D eigenvalue weighted by molar-refractivity contribution is 9.10. The molecular weight excluding hydrogens is 254 g/mol. The average molecular weight is 268 g/mol. The van der Waals surface area contributed by atoms with Gasteiger partial charge in [-0.25, -0.2) is 0 Å². The van der Waals surface area contributed by atoms with Gasteiger partial charge in [-0.05, 0) is 31.5 Å². The van der Waals surface area contributed by atoms with Crippen molar-refractivity contribution < 1.29 is 4.74 Å². The van der Waals surface area contributed by atoms with Crippen LogP contribution in [-0.4, -0.2) is 12.2 Å². The number of benzene rings is 1. The monoisotopic (exact) mass is 267 g/mol. The van der Waals surface area contributed by atoms with Crippen molar-refractivity contribution >= 4 is 15.9 Å². The first-order chi connectivity index (χ1) is 7.09. The SMILES string of the molecule is CCOC(C)(C#N)Cc1ccc(Br)cc1. The fourth-order valence-electron chi connectivity index (χ4n) is 1.43. The summed E-state index contributed by atoms with van der Waals surface area (Å²) in [4.78, 5) is 0. The number of nitriles is 1. The van der Waals surface area contributed by atoms with E-state index >= 15 is 0 Å². The molecule has 80 valence electrons. The van der Waals surface area contributed by atoms with Crippen LogP contribution in [0.1, 0.15) is 19.4 Å². The van der Waals surface area contributed by atoms with Gasteiger partial charge in [0.25, 0.3) is 0 Å². The van der Waals surface area contributed by atoms with Crippen molar-refractivity contribution in [1.29, 1.82) is 5.26 Å². The third kappa shape index (κ3) is 3.65. The molecule has 0 radical (unpaired) electrons. The lowest BCUT2D eigenvalue weighted by atomic mass is 9.98. The van der Waals surface area contributed by atoms with Gasteiger partial charge in [0.2, 0.25) is 0 Å². The van der Waals surface area contributed by atoms with E-state index < -0.39 is 5.60 Å². The summed E-state index contributed by atoms with van der Waals surface area (Å²) in [6, 6.07) is 10.1. The molecule has 0 fully saturated rings. The van der Waals surface area contributed by atoms with Crippen LogP contribution in [-0.2, 0) is 11.2 Å². The molecule has 0 heterocycles. The maximum atomic E-state index is 9.05. The molecule has 1 aromatic carbocycles. The zero-order chi connectivity index (χ0) is 11.3. The van der Waals surface area contributed by atoms with Crippen LogP contribution < -0.4 is 0 Å². The predicted octanol–water partition coefficient (Wildman–Crippen LogP) is 3.31. The summed E-state index contributed by atoms with van der Waals surface area (Å²) in [5, 5.41) is 9.05. The van der Waals surface area contributed by atoms with Crippen LogP contribution in [0.3, 0.4) is 0 Å². The second-order valence-electron chi connectivity index (χ2n) is 3.58. The van der Waals surface area contributed by atoms with Gasteiger partial charge in [0.1, 0.15) is 0 Å². The van der Waals surface area contributed by atoms with Crippen LogP contribution >= 0.6 is 15.9 Å². The third-order valence-electron chi connectivity index (χ3n) is 2.15. The van der Waals surface area contributed by atoms with Gasteiger partial charge in [0.15, 0.2) is 5.60 Å². The molecule has 0 aromatic heterocycles. The van der Waals surface area contributed by atoms with Crippen LogP contribution in [0.25, 0.3) is 0 Å². The molecule has 0 aliphatic heterocycles. The maximum Gasteiger partial charge on any atom is 0.155 e. The van der Waals surface area contributed by atoms with Crippen LogP contribution in [0.4, 0.5) is 0 Å². The highest BCUT2D eigenvalue weighted by atomic mass is 79.9. The highest BCUT2D eigenvalue weighted by Gasteiger charge is 2.24. The van der Waals surface area contributed by atoms with E-state index in [1.165, 1.54) is 0 Å². The maximum absolute atomic E-state index is 9.05. The van der Waals surface area contributed by atoms with Gasteiger partial charge in [0.05, 0.1) is 6.07 Å². The molecule has 0 aliphatic carbocycles. The van der Waals surface area contributed by atoms with Crippen molar-refractivity contribution in [2.75, 3.05) is 6.61 Å². The average Bonchev–Trinajstić information content (AvgIpc) is 2.22. The number of hydrogen-bond acceptors (Lipinski definition) is 2. The molecular formula is C12H14BrNO. The molecule has 15 heavy (non-hydrogen) atoms. The van der Waals surface area contributed by atoms with E-state index in [0.717, 1.165) is 10.0 Å². The quantitative estimate of drug-likeness (QED) is 0.839. The summed E-state index contributed by atoms with van der Waals surface area (Å²) in [6.07, 6.45) is 0.616. The number of ether oxygens (including phenoxy) is 1. The van der Waals surface area contributed by atoms with Crippen LogP contribution in [0.5, 0.6) is 0 Å². The van der Waals surface area contributed by atoms with Crippen LogP contribution in [0, 0.1) is 11.3 Å². The molecule has 1 aromatic rings. The van der Waals surface area contributed by atoms with Crippen molar-refractivity contribution in [3.63, 3.8) is 0 Å². The van der Waals surface area contributed by atoms with Gasteiger partial charge < -0.3 is 4.74 Å². The van der Waals surface area contributed by atoms with E-state index in [4.69, 9.17) is 10.00 Å². The summed E-state index contributed by atoms with van der Waals surface area (Å²) in [5.74, 6) is 0. The molecule has 1 unspecified atom stereocenters. The zero-order valence-electron chi connectivity index (χ0n) is 8.96. The lowest BCUT2D eigenvalue weighted by Gasteiger charge is -2.21. The second kappa shape index (κ2) is 5.29. The first-order valence-corrected chi connectivity index (χ1v) is 5.68. The number of nitrogens with zero attached hydrogens (tertiary/aromatic N) is 1. The zero-order valence-corrected chi connectivity index (χ0v) is 10.5. The summed E-state index contributed by atoms with van der Waals surface area (Å²) in [7, 11) is 0. The Balaban J connectivity index is 2.76. The molecule has 0 amide bonds. The summed E-state index contributed by atoms with van der Waals surface area (Å²) in [5.41, 5.74) is 0.387. The van der Waals surface area contributed by atoms with Gasteiger partial charge in [-0.3, -0.25) is 0 Å². The number of hydrogen-bond donors (Lipinski definition) is 0. The molecule has 0 bridgehead atoms. The van der Waals surface area contributed by atoms with Crippen molar-refractivity contribution in [3.8, 4) is 6.07 Å². The molecule has 1 rings (SSSR count). The van der Waals surface area contributed by atoms with E-state index in [-0.39, 0.29) is 0 Å². The topological polar surface area (TPSA) is 33.0 Å². The van der Waals surface area contributed by atoms with E-state index in [1.54, 1.807) is 0 Å². The van der Waals surface area contributed by atoms with Gasteiger partial charge in [-0.1, -0.05) is 28.1 Å². The normalized spacial score (nSPS) is 14.3. The Bertz CT molecular complexity index is 355. The fourth-order valence-corrected chi connectivity index (χ4v) is 1.70. The highest BCUT2D eigenvalue weighted by Crippen LogP contribution is 2.18. The van der Waals surface area contributed by atoms with Crippen LogP contribution in [0.15, 0.2) is 28.7 Å². The fraction of sp³-hybridized carbons (Fsp3) is 0.417.